The molecule has 0 saturated carbocycles. The molecule has 0 saturated heterocycles. The molecule has 0 atom stereocenters. The maximum Gasteiger partial charge on any atom is 0.252 e. The molecule has 8 heteroatoms. The van der Waals surface area contributed by atoms with Gasteiger partial charge in [-0.3, -0.25) is 9.59 Å². The molecule has 0 fully saturated rings. The largest absolute Gasteiger partial charge is 0.351 e. The van der Waals surface area contributed by atoms with Crippen LogP contribution in [-0.2, 0) is 4.79 Å². The predicted molar refractivity (Wildman–Crippen MR) is 110 cm³/mol. The summed E-state index contributed by atoms with van der Waals surface area (Å²) in [4.78, 5) is 28.2. The van der Waals surface area contributed by atoms with Crippen molar-refractivity contribution in [2.24, 2.45) is 0 Å². The molecule has 0 spiro atoms. The molecule has 0 aliphatic heterocycles. The van der Waals surface area contributed by atoms with E-state index in [9.17, 15) is 9.59 Å². The molecule has 0 bridgehead atoms. The predicted octanol–water partition coefficient (Wildman–Crippen LogP) is 4.23. The Morgan fingerprint density at radius 3 is 2.64 bits per heavy atom. The van der Waals surface area contributed by atoms with Gasteiger partial charge in [-0.05, 0) is 46.2 Å². The van der Waals surface area contributed by atoms with Crippen LogP contribution in [0.1, 0.15) is 16.8 Å². The molecular formula is C17H14IN3O2S2. The zero-order valence-corrected chi connectivity index (χ0v) is 16.8. The minimum atomic E-state index is -0.172. The molecule has 2 aromatic heterocycles. The lowest BCUT2D eigenvalue weighted by Crippen LogP contribution is -2.27. The number of nitrogens with zero attached hydrogens (tertiary/aromatic N) is 1. The Hall–Kier alpha value is -1.78. The fourth-order valence-electron chi connectivity index (χ4n) is 2.05. The fraction of sp³-hybridized carbons (Fsp3) is 0.118. The number of carbonyl (C=O) groups is 2. The molecule has 3 aromatic rings. The Morgan fingerprint density at radius 1 is 1.12 bits per heavy atom. The molecule has 0 aliphatic carbocycles. The van der Waals surface area contributed by atoms with Gasteiger partial charge in [-0.2, -0.15) is 11.3 Å². The Balaban J connectivity index is 1.48. The Morgan fingerprint density at radius 2 is 1.92 bits per heavy atom. The van der Waals surface area contributed by atoms with Crippen molar-refractivity contribution in [1.82, 2.24) is 10.3 Å². The van der Waals surface area contributed by atoms with Crippen molar-refractivity contribution in [2.75, 3.05) is 11.9 Å². The summed E-state index contributed by atoms with van der Waals surface area (Å²) in [5.74, 6) is -0.335. The quantitative estimate of drug-likeness (QED) is 0.516. The molecule has 0 aliphatic rings. The molecule has 5 nitrogen and oxygen atoms in total. The molecule has 3 rings (SSSR count). The molecule has 2 heterocycles. The van der Waals surface area contributed by atoms with Crippen molar-refractivity contribution in [1.29, 1.82) is 0 Å². The summed E-state index contributed by atoms with van der Waals surface area (Å²) < 4.78 is 1.16. The average molecular weight is 483 g/mol. The highest BCUT2D eigenvalue weighted by Crippen LogP contribution is 2.25. The number of rotatable bonds is 6. The maximum absolute atomic E-state index is 12.0. The summed E-state index contributed by atoms with van der Waals surface area (Å²) in [5, 5.41) is 11.6. The summed E-state index contributed by atoms with van der Waals surface area (Å²) >= 11 is 5.10. The van der Waals surface area contributed by atoms with Crippen LogP contribution in [0.2, 0.25) is 0 Å². The molecule has 25 heavy (non-hydrogen) atoms. The van der Waals surface area contributed by atoms with Crippen LogP contribution in [-0.4, -0.2) is 23.3 Å². The summed E-state index contributed by atoms with van der Waals surface area (Å²) in [6, 6.07) is 9.79. The second-order valence-electron chi connectivity index (χ2n) is 5.11. The monoisotopic (exact) mass is 483 g/mol. The number of hydrogen-bond acceptors (Lipinski definition) is 5. The van der Waals surface area contributed by atoms with Crippen molar-refractivity contribution in [2.45, 2.75) is 6.42 Å². The third kappa shape index (κ3) is 5.10. The number of thiophene rings is 1. The van der Waals surface area contributed by atoms with Crippen molar-refractivity contribution >= 4 is 62.2 Å². The van der Waals surface area contributed by atoms with Gasteiger partial charge in [-0.25, -0.2) is 4.98 Å². The highest BCUT2D eigenvalue weighted by molar-refractivity contribution is 14.1. The zero-order chi connectivity index (χ0) is 17.6. The van der Waals surface area contributed by atoms with Gasteiger partial charge in [0, 0.05) is 38.4 Å². The first-order valence-corrected chi connectivity index (χ1v) is 10.3. The van der Waals surface area contributed by atoms with E-state index in [1.54, 1.807) is 11.4 Å². The lowest BCUT2D eigenvalue weighted by atomic mass is 10.2. The SMILES string of the molecule is O=C(CCNC(=O)c1ccsc1)Nc1nc(-c2ccc(I)cc2)cs1. The number of anilines is 1. The summed E-state index contributed by atoms with van der Waals surface area (Å²) in [6.07, 6.45) is 0.203. The van der Waals surface area contributed by atoms with Gasteiger partial charge in [0.15, 0.2) is 5.13 Å². The molecule has 0 radical (unpaired) electrons. The summed E-state index contributed by atoms with van der Waals surface area (Å²) in [5.41, 5.74) is 2.47. The van der Waals surface area contributed by atoms with Crippen LogP contribution in [0.15, 0.2) is 46.5 Å². The van der Waals surface area contributed by atoms with Gasteiger partial charge in [0.2, 0.25) is 5.91 Å². The van der Waals surface area contributed by atoms with Crippen molar-refractivity contribution in [3.63, 3.8) is 0 Å². The first kappa shape index (κ1) is 18.0. The minimum absolute atomic E-state index is 0.163. The lowest BCUT2D eigenvalue weighted by molar-refractivity contribution is -0.116. The van der Waals surface area contributed by atoms with Gasteiger partial charge >= 0.3 is 0 Å². The van der Waals surface area contributed by atoms with E-state index < -0.39 is 0 Å². The second-order valence-corrected chi connectivity index (χ2v) is 7.99. The average Bonchev–Trinajstić information content (AvgIpc) is 3.27. The fourth-order valence-corrected chi connectivity index (χ4v) is 3.78. The highest BCUT2D eigenvalue weighted by Gasteiger charge is 2.10. The van der Waals surface area contributed by atoms with Gasteiger partial charge in [0.05, 0.1) is 5.69 Å². The van der Waals surface area contributed by atoms with Gasteiger partial charge in [0.1, 0.15) is 0 Å². The van der Waals surface area contributed by atoms with Crippen molar-refractivity contribution in [3.8, 4) is 11.3 Å². The molecule has 0 unspecified atom stereocenters. The van der Waals surface area contributed by atoms with Crippen LogP contribution < -0.4 is 10.6 Å². The number of aromatic nitrogens is 1. The molecule has 128 valence electrons. The summed E-state index contributed by atoms with van der Waals surface area (Å²) in [6.45, 7) is 0.288. The normalized spacial score (nSPS) is 10.4. The van der Waals surface area contributed by atoms with E-state index in [-0.39, 0.29) is 24.8 Å². The van der Waals surface area contributed by atoms with Crippen LogP contribution >= 0.6 is 45.3 Å². The molecule has 2 N–H and O–H groups in total. The second kappa shape index (κ2) is 8.54. The number of amides is 2. The van der Waals surface area contributed by atoms with Gasteiger partial charge in [-0.1, -0.05) is 12.1 Å². The van der Waals surface area contributed by atoms with Gasteiger partial charge in [0.25, 0.3) is 5.91 Å². The Labute approximate surface area is 166 Å². The number of nitrogens with one attached hydrogen (secondary N) is 2. The van der Waals surface area contributed by atoms with Crippen LogP contribution in [0, 0.1) is 3.57 Å². The summed E-state index contributed by atoms with van der Waals surface area (Å²) in [7, 11) is 0. The third-order valence-corrected chi connectivity index (χ3v) is 5.47. The number of carbonyl (C=O) groups excluding carboxylic acids is 2. The van der Waals surface area contributed by atoms with Crippen LogP contribution in [0.4, 0.5) is 5.13 Å². The maximum atomic E-state index is 12.0. The minimum Gasteiger partial charge on any atom is -0.351 e. The molecule has 1 aromatic carbocycles. The van der Waals surface area contributed by atoms with Crippen LogP contribution in [0.3, 0.4) is 0 Å². The van der Waals surface area contributed by atoms with Crippen molar-refractivity contribution in [3.05, 3.63) is 55.6 Å². The lowest BCUT2D eigenvalue weighted by Gasteiger charge is -2.04. The van der Waals surface area contributed by atoms with E-state index in [4.69, 9.17) is 0 Å². The highest BCUT2D eigenvalue weighted by atomic mass is 127. The van der Waals surface area contributed by atoms with E-state index >= 15 is 0 Å². The number of thiazole rings is 1. The molecule has 2 amide bonds. The van der Waals surface area contributed by atoms with Crippen molar-refractivity contribution < 1.29 is 9.59 Å². The van der Waals surface area contributed by atoms with Crippen LogP contribution in [0.25, 0.3) is 11.3 Å². The number of benzene rings is 1. The Kier molecular flexibility index (Phi) is 6.16. The van der Waals surface area contributed by atoms with E-state index in [1.165, 1.54) is 22.7 Å². The smallest absolute Gasteiger partial charge is 0.252 e. The first-order valence-electron chi connectivity index (χ1n) is 7.43. The van der Waals surface area contributed by atoms with Crippen LogP contribution in [0.5, 0.6) is 0 Å². The van der Waals surface area contributed by atoms with E-state index in [0.717, 1.165) is 14.8 Å². The van der Waals surface area contributed by atoms with E-state index in [2.05, 4.69) is 38.2 Å². The topological polar surface area (TPSA) is 71.1 Å². The third-order valence-electron chi connectivity index (χ3n) is 3.31. The molecular weight excluding hydrogens is 469 g/mol. The van der Waals surface area contributed by atoms with E-state index in [0.29, 0.717) is 10.7 Å². The number of hydrogen-bond donors (Lipinski definition) is 2. The van der Waals surface area contributed by atoms with Gasteiger partial charge in [-0.15, -0.1) is 11.3 Å². The Bertz CT molecular complexity index is 860. The zero-order valence-electron chi connectivity index (χ0n) is 13.0. The first-order chi connectivity index (χ1) is 12.1. The number of halogens is 1. The van der Waals surface area contributed by atoms with E-state index in [1.807, 2.05) is 35.0 Å². The van der Waals surface area contributed by atoms with Gasteiger partial charge < -0.3 is 10.6 Å². The standard InChI is InChI=1S/C17H14IN3O2S2/c18-13-3-1-11(2-4-13)14-10-25-17(20-14)21-15(22)5-7-19-16(23)12-6-8-24-9-12/h1-4,6,8-10H,5,7H2,(H,19,23)(H,20,21,22).